The standard InChI is InChI=1S/C21H31NO2/c1-16(23)22(18-13-9-6-10-14-18)20(17-11-7-5-8-12-17)19(24)15-21(2,3)4/h5,7-8,11-12,18,20H,6,9-10,13-15H2,1-4H3. The number of Topliss-reactive ketones (excluding diaryl/α,β-unsaturated/α-hetero) is 1. The molecule has 0 heterocycles. The van der Waals surface area contributed by atoms with Crippen molar-refractivity contribution < 1.29 is 9.59 Å². The molecule has 1 fully saturated rings. The van der Waals surface area contributed by atoms with Crippen LogP contribution in [0, 0.1) is 5.41 Å². The molecule has 1 amide bonds. The van der Waals surface area contributed by atoms with Gasteiger partial charge < -0.3 is 4.90 Å². The smallest absolute Gasteiger partial charge is 0.220 e. The molecule has 1 aliphatic carbocycles. The number of hydrogen-bond donors (Lipinski definition) is 0. The van der Waals surface area contributed by atoms with Gasteiger partial charge in [-0.2, -0.15) is 0 Å². The van der Waals surface area contributed by atoms with Crippen LogP contribution in [0.2, 0.25) is 0 Å². The monoisotopic (exact) mass is 329 g/mol. The van der Waals surface area contributed by atoms with Gasteiger partial charge in [0.2, 0.25) is 5.91 Å². The Morgan fingerprint density at radius 1 is 1.08 bits per heavy atom. The minimum absolute atomic E-state index is 0.0120. The van der Waals surface area contributed by atoms with Crippen LogP contribution >= 0.6 is 0 Å². The highest BCUT2D eigenvalue weighted by atomic mass is 16.2. The number of hydrogen-bond acceptors (Lipinski definition) is 2. The third kappa shape index (κ3) is 4.93. The number of amides is 1. The lowest BCUT2D eigenvalue weighted by Crippen LogP contribution is -2.46. The highest BCUT2D eigenvalue weighted by Gasteiger charge is 2.36. The third-order valence-corrected chi connectivity index (χ3v) is 4.73. The van der Waals surface area contributed by atoms with Crippen molar-refractivity contribution in [1.29, 1.82) is 0 Å². The van der Waals surface area contributed by atoms with Gasteiger partial charge in [0.25, 0.3) is 0 Å². The molecule has 0 aromatic heterocycles. The summed E-state index contributed by atoms with van der Waals surface area (Å²) >= 11 is 0. The van der Waals surface area contributed by atoms with Crippen LogP contribution in [0.1, 0.15) is 77.8 Å². The van der Waals surface area contributed by atoms with Crippen molar-refractivity contribution in [3.05, 3.63) is 35.9 Å². The Morgan fingerprint density at radius 2 is 1.67 bits per heavy atom. The van der Waals surface area contributed by atoms with E-state index in [1.54, 1.807) is 6.92 Å². The van der Waals surface area contributed by atoms with Gasteiger partial charge in [0.1, 0.15) is 6.04 Å². The average Bonchev–Trinajstić information content (AvgIpc) is 2.52. The van der Waals surface area contributed by atoms with E-state index in [0.29, 0.717) is 6.42 Å². The summed E-state index contributed by atoms with van der Waals surface area (Å²) in [6.07, 6.45) is 6.00. The van der Waals surface area contributed by atoms with E-state index in [1.165, 1.54) is 6.42 Å². The molecule has 2 rings (SSSR count). The molecule has 1 aromatic rings. The second-order valence-corrected chi connectivity index (χ2v) is 8.24. The fourth-order valence-electron chi connectivity index (χ4n) is 3.77. The molecule has 0 spiro atoms. The summed E-state index contributed by atoms with van der Waals surface area (Å²) < 4.78 is 0. The maximum atomic E-state index is 13.2. The van der Waals surface area contributed by atoms with Gasteiger partial charge in [-0.15, -0.1) is 0 Å². The zero-order valence-corrected chi connectivity index (χ0v) is 15.5. The second kappa shape index (κ2) is 7.96. The average molecular weight is 329 g/mol. The SMILES string of the molecule is CC(=O)N(C1CCCCC1)C(C(=O)CC(C)(C)C)c1ccccc1. The normalized spacial score (nSPS) is 17.3. The van der Waals surface area contributed by atoms with Gasteiger partial charge in [0, 0.05) is 19.4 Å². The van der Waals surface area contributed by atoms with E-state index < -0.39 is 6.04 Å². The first-order valence-electron chi connectivity index (χ1n) is 9.16. The summed E-state index contributed by atoms with van der Waals surface area (Å²) in [5, 5.41) is 0. The first kappa shape index (κ1) is 18.7. The summed E-state index contributed by atoms with van der Waals surface area (Å²) in [6, 6.07) is 9.54. The molecule has 0 saturated heterocycles. The van der Waals surface area contributed by atoms with Gasteiger partial charge in [0.15, 0.2) is 5.78 Å². The zero-order chi connectivity index (χ0) is 17.7. The predicted octanol–water partition coefficient (Wildman–Crippen LogP) is 4.91. The molecule has 1 aromatic carbocycles. The number of nitrogens with zero attached hydrogens (tertiary/aromatic N) is 1. The molecular formula is C21H31NO2. The molecule has 1 saturated carbocycles. The third-order valence-electron chi connectivity index (χ3n) is 4.73. The van der Waals surface area contributed by atoms with Crippen molar-refractivity contribution >= 4 is 11.7 Å². The molecule has 0 radical (unpaired) electrons. The minimum Gasteiger partial charge on any atom is -0.326 e. The Morgan fingerprint density at radius 3 is 2.17 bits per heavy atom. The summed E-state index contributed by atoms with van der Waals surface area (Å²) in [7, 11) is 0. The van der Waals surface area contributed by atoms with Crippen molar-refractivity contribution in [1.82, 2.24) is 4.90 Å². The van der Waals surface area contributed by atoms with Crippen molar-refractivity contribution in [3.63, 3.8) is 0 Å². The van der Waals surface area contributed by atoms with Crippen molar-refractivity contribution in [2.45, 2.75) is 78.3 Å². The molecule has 132 valence electrons. The number of rotatable bonds is 5. The van der Waals surface area contributed by atoms with E-state index >= 15 is 0 Å². The molecule has 0 bridgehead atoms. The van der Waals surface area contributed by atoms with Gasteiger partial charge >= 0.3 is 0 Å². The molecule has 0 N–H and O–H groups in total. The fraction of sp³-hybridized carbons (Fsp3) is 0.619. The zero-order valence-electron chi connectivity index (χ0n) is 15.5. The van der Waals surface area contributed by atoms with Crippen LogP contribution in [-0.2, 0) is 9.59 Å². The van der Waals surface area contributed by atoms with Gasteiger partial charge in [-0.05, 0) is 23.8 Å². The molecule has 3 heteroatoms. The molecular weight excluding hydrogens is 298 g/mol. The lowest BCUT2D eigenvalue weighted by atomic mass is 9.84. The molecule has 0 aliphatic heterocycles. The van der Waals surface area contributed by atoms with E-state index in [9.17, 15) is 9.59 Å². The first-order valence-corrected chi connectivity index (χ1v) is 9.16. The molecule has 1 unspecified atom stereocenters. The number of benzene rings is 1. The van der Waals surface area contributed by atoms with Crippen LogP contribution in [0.4, 0.5) is 0 Å². The van der Waals surface area contributed by atoms with Crippen LogP contribution in [-0.4, -0.2) is 22.6 Å². The van der Waals surface area contributed by atoms with Crippen molar-refractivity contribution in [3.8, 4) is 0 Å². The van der Waals surface area contributed by atoms with Gasteiger partial charge in [-0.25, -0.2) is 0 Å². The maximum absolute atomic E-state index is 13.2. The van der Waals surface area contributed by atoms with E-state index in [1.807, 2.05) is 35.2 Å². The summed E-state index contributed by atoms with van der Waals surface area (Å²) in [4.78, 5) is 27.5. The Labute approximate surface area is 146 Å². The molecule has 1 aliphatic rings. The van der Waals surface area contributed by atoms with E-state index in [4.69, 9.17) is 0 Å². The van der Waals surface area contributed by atoms with Crippen LogP contribution < -0.4 is 0 Å². The summed E-state index contributed by atoms with van der Waals surface area (Å²) in [5.74, 6) is 0.160. The van der Waals surface area contributed by atoms with E-state index in [-0.39, 0.29) is 23.1 Å². The first-order chi connectivity index (χ1) is 11.3. The number of carbonyl (C=O) groups excluding carboxylic acids is 2. The van der Waals surface area contributed by atoms with Crippen LogP contribution in [0.3, 0.4) is 0 Å². The number of ketones is 1. The lowest BCUT2D eigenvalue weighted by molar-refractivity contribution is -0.142. The van der Waals surface area contributed by atoms with Crippen LogP contribution in [0.25, 0.3) is 0 Å². The Hall–Kier alpha value is -1.64. The summed E-state index contributed by atoms with van der Waals surface area (Å²) in [6.45, 7) is 7.83. The Kier molecular flexibility index (Phi) is 6.20. The predicted molar refractivity (Wildman–Crippen MR) is 97.7 cm³/mol. The molecule has 1 atom stereocenters. The second-order valence-electron chi connectivity index (χ2n) is 8.24. The largest absolute Gasteiger partial charge is 0.326 e. The number of carbonyl (C=O) groups is 2. The van der Waals surface area contributed by atoms with Crippen LogP contribution in [0.5, 0.6) is 0 Å². The van der Waals surface area contributed by atoms with Gasteiger partial charge in [-0.1, -0.05) is 70.4 Å². The van der Waals surface area contributed by atoms with E-state index in [2.05, 4.69) is 20.8 Å². The Bertz CT molecular complexity index is 553. The van der Waals surface area contributed by atoms with Crippen molar-refractivity contribution in [2.75, 3.05) is 0 Å². The highest BCUT2D eigenvalue weighted by molar-refractivity contribution is 5.90. The van der Waals surface area contributed by atoms with Crippen molar-refractivity contribution in [2.24, 2.45) is 5.41 Å². The fourth-order valence-corrected chi connectivity index (χ4v) is 3.77. The molecule has 3 nitrogen and oxygen atoms in total. The highest BCUT2D eigenvalue weighted by Crippen LogP contribution is 2.34. The maximum Gasteiger partial charge on any atom is 0.220 e. The van der Waals surface area contributed by atoms with E-state index in [0.717, 1.165) is 31.2 Å². The summed E-state index contributed by atoms with van der Waals surface area (Å²) in [5.41, 5.74) is 0.853. The minimum atomic E-state index is -0.453. The topological polar surface area (TPSA) is 37.4 Å². The van der Waals surface area contributed by atoms with Crippen LogP contribution in [0.15, 0.2) is 30.3 Å². The van der Waals surface area contributed by atoms with Gasteiger partial charge in [-0.3, -0.25) is 9.59 Å². The Balaban J connectivity index is 2.38. The molecule has 24 heavy (non-hydrogen) atoms. The van der Waals surface area contributed by atoms with Gasteiger partial charge in [0.05, 0.1) is 0 Å². The lowest BCUT2D eigenvalue weighted by Gasteiger charge is -2.39. The quantitative estimate of drug-likeness (QED) is 0.769.